The quantitative estimate of drug-likeness (QED) is 0.853. The van der Waals surface area contributed by atoms with Crippen LogP contribution in [0.15, 0.2) is 36.4 Å². The molecule has 0 aliphatic rings. The predicted octanol–water partition coefficient (Wildman–Crippen LogP) is 3.26. The minimum atomic E-state index is 0.131. The van der Waals surface area contributed by atoms with Gasteiger partial charge in [0.15, 0.2) is 0 Å². The van der Waals surface area contributed by atoms with Crippen LogP contribution in [0.5, 0.6) is 5.75 Å². The molecule has 0 aliphatic heterocycles. The lowest BCUT2D eigenvalue weighted by Crippen LogP contribution is -2.08. The van der Waals surface area contributed by atoms with E-state index in [1.807, 2.05) is 12.1 Å². The van der Waals surface area contributed by atoms with E-state index in [1.165, 1.54) is 16.3 Å². The lowest BCUT2D eigenvalue weighted by molar-refractivity contribution is 0.415. The van der Waals surface area contributed by atoms with E-state index in [1.54, 1.807) is 7.11 Å². The number of hydrogen-bond donors (Lipinski definition) is 1. The van der Waals surface area contributed by atoms with E-state index >= 15 is 0 Å². The maximum absolute atomic E-state index is 6.02. The largest absolute Gasteiger partial charge is 0.497 e. The fraction of sp³-hybridized carbons (Fsp3) is 0.286. The zero-order valence-electron chi connectivity index (χ0n) is 9.73. The first kappa shape index (κ1) is 11.0. The van der Waals surface area contributed by atoms with E-state index in [0.29, 0.717) is 0 Å². The minimum absolute atomic E-state index is 0.131. The first-order valence-electron chi connectivity index (χ1n) is 5.58. The maximum atomic E-state index is 6.02. The summed E-state index contributed by atoms with van der Waals surface area (Å²) in [5.74, 6) is 0.889. The molecule has 2 rings (SSSR count). The van der Waals surface area contributed by atoms with E-state index in [-0.39, 0.29) is 6.04 Å². The molecule has 2 N–H and O–H groups in total. The van der Waals surface area contributed by atoms with E-state index in [2.05, 4.69) is 31.2 Å². The lowest BCUT2D eigenvalue weighted by Gasteiger charge is -2.10. The van der Waals surface area contributed by atoms with Crippen molar-refractivity contribution in [1.82, 2.24) is 0 Å². The smallest absolute Gasteiger partial charge is 0.119 e. The molecule has 0 amide bonds. The van der Waals surface area contributed by atoms with Crippen LogP contribution in [0.4, 0.5) is 0 Å². The van der Waals surface area contributed by atoms with Gasteiger partial charge in [0.25, 0.3) is 0 Å². The van der Waals surface area contributed by atoms with Crippen molar-refractivity contribution in [3.05, 3.63) is 42.0 Å². The average molecular weight is 215 g/mol. The molecular weight excluding hydrogens is 198 g/mol. The zero-order chi connectivity index (χ0) is 11.5. The van der Waals surface area contributed by atoms with Crippen LogP contribution in [0.3, 0.4) is 0 Å². The number of methoxy groups -OCH3 is 1. The van der Waals surface area contributed by atoms with Crippen LogP contribution in [0.25, 0.3) is 10.8 Å². The molecule has 1 unspecified atom stereocenters. The Morgan fingerprint density at radius 3 is 2.50 bits per heavy atom. The second kappa shape index (κ2) is 4.54. The van der Waals surface area contributed by atoms with E-state index in [4.69, 9.17) is 10.5 Å². The summed E-state index contributed by atoms with van der Waals surface area (Å²) in [6.45, 7) is 2.10. The Morgan fingerprint density at radius 1 is 1.12 bits per heavy atom. The minimum Gasteiger partial charge on any atom is -0.497 e. The Kier molecular flexibility index (Phi) is 3.11. The summed E-state index contributed by atoms with van der Waals surface area (Å²) in [4.78, 5) is 0. The third-order valence-corrected chi connectivity index (χ3v) is 2.94. The third kappa shape index (κ3) is 2.02. The number of rotatable bonds is 3. The highest BCUT2D eigenvalue weighted by Gasteiger charge is 2.04. The molecule has 16 heavy (non-hydrogen) atoms. The summed E-state index contributed by atoms with van der Waals surface area (Å²) < 4.78 is 5.20. The van der Waals surface area contributed by atoms with Gasteiger partial charge in [-0.1, -0.05) is 25.1 Å². The number of benzene rings is 2. The van der Waals surface area contributed by atoms with Gasteiger partial charge in [-0.25, -0.2) is 0 Å². The first-order chi connectivity index (χ1) is 7.74. The Bertz CT molecular complexity index is 493. The molecule has 1 atom stereocenters. The summed E-state index contributed by atoms with van der Waals surface area (Å²) in [6, 6.07) is 12.6. The van der Waals surface area contributed by atoms with Gasteiger partial charge in [-0.3, -0.25) is 0 Å². The molecule has 0 aliphatic carbocycles. The molecule has 2 aromatic rings. The highest BCUT2D eigenvalue weighted by molar-refractivity contribution is 5.84. The van der Waals surface area contributed by atoms with Gasteiger partial charge in [-0.05, 0) is 41.0 Å². The van der Waals surface area contributed by atoms with Crippen molar-refractivity contribution in [2.45, 2.75) is 19.4 Å². The number of fused-ring (bicyclic) bond motifs is 1. The molecule has 0 spiro atoms. The summed E-state index contributed by atoms with van der Waals surface area (Å²) >= 11 is 0. The fourth-order valence-electron chi connectivity index (χ4n) is 1.84. The average Bonchev–Trinajstić information content (AvgIpc) is 2.36. The highest BCUT2D eigenvalue weighted by Crippen LogP contribution is 2.24. The molecule has 0 fully saturated rings. The van der Waals surface area contributed by atoms with Crippen molar-refractivity contribution < 1.29 is 4.74 Å². The first-order valence-corrected chi connectivity index (χ1v) is 5.58. The third-order valence-electron chi connectivity index (χ3n) is 2.94. The van der Waals surface area contributed by atoms with Crippen molar-refractivity contribution in [2.75, 3.05) is 7.11 Å². The molecule has 0 saturated carbocycles. The Labute approximate surface area is 96.0 Å². The maximum Gasteiger partial charge on any atom is 0.119 e. The van der Waals surface area contributed by atoms with Gasteiger partial charge in [0.1, 0.15) is 5.75 Å². The monoisotopic (exact) mass is 215 g/mol. The van der Waals surface area contributed by atoms with Gasteiger partial charge in [-0.15, -0.1) is 0 Å². The second-order valence-electron chi connectivity index (χ2n) is 3.99. The predicted molar refractivity (Wildman–Crippen MR) is 67.7 cm³/mol. The van der Waals surface area contributed by atoms with Crippen molar-refractivity contribution >= 4 is 10.8 Å². The normalized spacial score (nSPS) is 12.7. The SMILES string of the molecule is CCC(N)c1ccc2cc(OC)ccc2c1. The van der Waals surface area contributed by atoms with Crippen LogP contribution in [0, 0.1) is 0 Å². The van der Waals surface area contributed by atoms with Crippen molar-refractivity contribution in [2.24, 2.45) is 5.73 Å². The lowest BCUT2D eigenvalue weighted by atomic mass is 10.0. The van der Waals surface area contributed by atoms with E-state index < -0.39 is 0 Å². The Hall–Kier alpha value is -1.54. The number of ether oxygens (including phenoxy) is 1. The summed E-state index contributed by atoms with van der Waals surface area (Å²) in [5, 5.41) is 2.40. The van der Waals surface area contributed by atoms with Crippen molar-refractivity contribution in [1.29, 1.82) is 0 Å². The molecular formula is C14H17NO. The summed E-state index contributed by atoms with van der Waals surface area (Å²) in [5.41, 5.74) is 7.21. The molecule has 2 aromatic carbocycles. The fourth-order valence-corrected chi connectivity index (χ4v) is 1.84. The van der Waals surface area contributed by atoms with Gasteiger partial charge in [-0.2, -0.15) is 0 Å². The highest BCUT2D eigenvalue weighted by atomic mass is 16.5. The molecule has 0 radical (unpaired) electrons. The number of nitrogens with two attached hydrogens (primary N) is 1. The van der Waals surface area contributed by atoms with Gasteiger partial charge < -0.3 is 10.5 Å². The molecule has 2 heteroatoms. The van der Waals surface area contributed by atoms with Crippen LogP contribution < -0.4 is 10.5 Å². The van der Waals surface area contributed by atoms with E-state index in [0.717, 1.165) is 12.2 Å². The van der Waals surface area contributed by atoms with Crippen molar-refractivity contribution in [3.63, 3.8) is 0 Å². The van der Waals surface area contributed by atoms with Crippen LogP contribution in [0.2, 0.25) is 0 Å². The topological polar surface area (TPSA) is 35.2 Å². The van der Waals surface area contributed by atoms with Gasteiger partial charge >= 0.3 is 0 Å². The zero-order valence-corrected chi connectivity index (χ0v) is 9.73. The van der Waals surface area contributed by atoms with E-state index in [9.17, 15) is 0 Å². The molecule has 0 bridgehead atoms. The molecule has 0 aromatic heterocycles. The van der Waals surface area contributed by atoms with Crippen LogP contribution in [0.1, 0.15) is 24.9 Å². The summed E-state index contributed by atoms with van der Waals surface area (Å²) in [6.07, 6.45) is 0.960. The molecule has 84 valence electrons. The van der Waals surface area contributed by atoms with Crippen molar-refractivity contribution in [3.8, 4) is 5.75 Å². The molecule has 0 heterocycles. The van der Waals surface area contributed by atoms with Crippen LogP contribution in [-0.4, -0.2) is 7.11 Å². The molecule has 0 saturated heterocycles. The standard InChI is InChI=1S/C14H17NO/c1-3-14(15)12-5-4-11-9-13(16-2)7-6-10(11)8-12/h4-9,14H,3,15H2,1-2H3. The van der Waals surface area contributed by atoms with Gasteiger partial charge in [0, 0.05) is 6.04 Å². The number of hydrogen-bond acceptors (Lipinski definition) is 2. The molecule has 2 nitrogen and oxygen atoms in total. The Balaban J connectivity index is 2.47. The Morgan fingerprint density at radius 2 is 1.81 bits per heavy atom. The summed E-state index contributed by atoms with van der Waals surface area (Å²) in [7, 11) is 1.68. The van der Waals surface area contributed by atoms with Crippen LogP contribution in [-0.2, 0) is 0 Å². The van der Waals surface area contributed by atoms with Gasteiger partial charge in [0.2, 0.25) is 0 Å². The second-order valence-corrected chi connectivity index (χ2v) is 3.99. The van der Waals surface area contributed by atoms with Gasteiger partial charge in [0.05, 0.1) is 7.11 Å². The van der Waals surface area contributed by atoms with Crippen LogP contribution >= 0.6 is 0 Å².